The van der Waals surface area contributed by atoms with Crippen LogP contribution in [0.4, 0.5) is 29.3 Å². The molecule has 0 unspecified atom stereocenters. The largest absolute Gasteiger partial charge is 0.573 e. The monoisotopic (exact) mass is 421 g/mol. The highest BCUT2D eigenvalue weighted by Gasteiger charge is 2.32. The first-order chi connectivity index (χ1) is 14.3. The van der Waals surface area contributed by atoms with E-state index >= 15 is 0 Å². The second-order valence-corrected chi connectivity index (χ2v) is 6.96. The van der Waals surface area contributed by atoms with Gasteiger partial charge in [-0.15, -0.1) is 13.2 Å². The van der Waals surface area contributed by atoms with Crippen molar-refractivity contribution in [2.45, 2.75) is 31.7 Å². The Labute approximate surface area is 169 Å². The van der Waals surface area contributed by atoms with Crippen LogP contribution in [-0.4, -0.2) is 24.9 Å². The minimum absolute atomic E-state index is 0.0724. The quantitative estimate of drug-likeness (QED) is 0.696. The van der Waals surface area contributed by atoms with E-state index in [0.717, 1.165) is 11.6 Å². The molecule has 2 aliphatic heterocycles. The van der Waals surface area contributed by atoms with Gasteiger partial charge < -0.3 is 25.4 Å². The molecule has 0 radical (unpaired) electrons. The molecular weight excluding hydrogens is 403 g/mol. The molecule has 7 nitrogen and oxygen atoms in total. The van der Waals surface area contributed by atoms with Crippen molar-refractivity contribution in [3.8, 4) is 11.5 Å². The van der Waals surface area contributed by atoms with Gasteiger partial charge in [0.2, 0.25) is 5.91 Å². The van der Waals surface area contributed by atoms with Crippen molar-refractivity contribution in [2.24, 2.45) is 0 Å². The van der Waals surface area contributed by atoms with Crippen molar-refractivity contribution in [3.05, 3.63) is 47.5 Å². The van der Waals surface area contributed by atoms with E-state index in [0.29, 0.717) is 36.2 Å². The molecule has 1 atom stereocenters. The standard InChI is InChI=1S/C20H18F3N3O4/c21-20(22,23)30-13-4-5-14-15(7-8-29-17(14)10-13)26-19(28)24-12-3-1-11-2-6-18(27)25-16(11)9-12/h1,3-5,9-10,15H,2,6-8H2,(H,25,27)(H2,24,26,28)/t15-/m1/s1. The van der Waals surface area contributed by atoms with Crippen LogP contribution in [0.15, 0.2) is 36.4 Å². The molecule has 3 amide bonds. The normalized spacial score (nSPS) is 17.7. The predicted octanol–water partition coefficient (Wildman–Crippen LogP) is 4.12. The van der Waals surface area contributed by atoms with E-state index in [-0.39, 0.29) is 24.0 Å². The first-order valence-corrected chi connectivity index (χ1v) is 9.30. The summed E-state index contributed by atoms with van der Waals surface area (Å²) in [4.78, 5) is 24.0. The van der Waals surface area contributed by atoms with Gasteiger partial charge in [-0.25, -0.2) is 4.79 Å². The number of amides is 3. The topological polar surface area (TPSA) is 88.7 Å². The summed E-state index contributed by atoms with van der Waals surface area (Å²) in [5.74, 6) is -0.232. The van der Waals surface area contributed by atoms with Crippen LogP contribution in [0.1, 0.15) is 30.0 Å². The fraction of sp³-hybridized carbons (Fsp3) is 0.300. The summed E-state index contributed by atoms with van der Waals surface area (Å²) in [5.41, 5.74) is 2.73. The Morgan fingerprint density at radius 1 is 1.17 bits per heavy atom. The third-order valence-electron chi connectivity index (χ3n) is 4.83. The molecular formula is C20H18F3N3O4. The molecule has 2 heterocycles. The van der Waals surface area contributed by atoms with E-state index in [1.165, 1.54) is 12.1 Å². The molecule has 3 N–H and O–H groups in total. The fourth-order valence-corrected chi connectivity index (χ4v) is 3.49. The number of anilines is 2. The molecule has 0 aliphatic carbocycles. The van der Waals surface area contributed by atoms with Crippen LogP contribution in [0.2, 0.25) is 0 Å². The Kier molecular flexibility index (Phi) is 5.15. The van der Waals surface area contributed by atoms with Gasteiger partial charge in [-0.3, -0.25) is 4.79 Å². The van der Waals surface area contributed by atoms with Crippen molar-refractivity contribution in [2.75, 3.05) is 17.2 Å². The highest BCUT2D eigenvalue weighted by molar-refractivity contribution is 5.96. The van der Waals surface area contributed by atoms with Gasteiger partial charge >= 0.3 is 12.4 Å². The van der Waals surface area contributed by atoms with Crippen LogP contribution >= 0.6 is 0 Å². The number of urea groups is 1. The Hall–Kier alpha value is -3.43. The number of hydrogen-bond acceptors (Lipinski definition) is 4. The Bertz CT molecular complexity index is 994. The molecule has 10 heteroatoms. The van der Waals surface area contributed by atoms with Gasteiger partial charge in [-0.05, 0) is 36.2 Å². The van der Waals surface area contributed by atoms with E-state index in [4.69, 9.17) is 4.74 Å². The third-order valence-corrected chi connectivity index (χ3v) is 4.83. The Morgan fingerprint density at radius 2 is 2.00 bits per heavy atom. The first kappa shape index (κ1) is 19.9. The maximum Gasteiger partial charge on any atom is 0.573 e. The number of carbonyl (C=O) groups excluding carboxylic acids is 2. The molecule has 0 saturated carbocycles. The Morgan fingerprint density at radius 3 is 2.80 bits per heavy atom. The van der Waals surface area contributed by atoms with E-state index in [9.17, 15) is 22.8 Å². The summed E-state index contributed by atoms with van der Waals surface area (Å²) >= 11 is 0. The summed E-state index contributed by atoms with van der Waals surface area (Å²) in [5, 5.41) is 8.28. The molecule has 158 valence electrons. The number of rotatable bonds is 3. The molecule has 0 saturated heterocycles. The molecule has 2 aromatic carbocycles. The third kappa shape index (κ3) is 4.58. The van der Waals surface area contributed by atoms with Crippen LogP contribution in [0.3, 0.4) is 0 Å². The average molecular weight is 421 g/mol. The summed E-state index contributed by atoms with van der Waals surface area (Å²) < 4.78 is 46.5. The van der Waals surface area contributed by atoms with Crippen molar-refractivity contribution in [3.63, 3.8) is 0 Å². The van der Waals surface area contributed by atoms with Crippen molar-refractivity contribution in [1.82, 2.24) is 5.32 Å². The lowest BCUT2D eigenvalue weighted by molar-refractivity contribution is -0.274. The molecule has 0 spiro atoms. The zero-order valence-corrected chi connectivity index (χ0v) is 15.6. The minimum atomic E-state index is -4.80. The number of benzene rings is 2. The number of aryl methyl sites for hydroxylation is 1. The zero-order valence-electron chi connectivity index (χ0n) is 15.6. The van der Waals surface area contributed by atoms with Crippen LogP contribution in [0.25, 0.3) is 0 Å². The van der Waals surface area contributed by atoms with Crippen LogP contribution in [-0.2, 0) is 11.2 Å². The molecule has 2 aliphatic rings. The highest BCUT2D eigenvalue weighted by atomic mass is 19.4. The molecule has 4 rings (SSSR count). The SMILES string of the molecule is O=C1CCc2ccc(NC(=O)N[C@@H]3CCOc4cc(OC(F)(F)F)ccc43)cc2N1. The summed E-state index contributed by atoms with van der Waals surface area (Å²) in [7, 11) is 0. The van der Waals surface area contributed by atoms with E-state index in [2.05, 4.69) is 20.7 Å². The maximum absolute atomic E-state index is 12.5. The average Bonchev–Trinajstić information content (AvgIpc) is 2.66. The van der Waals surface area contributed by atoms with Gasteiger partial charge in [0, 0.05) is 35.8 Å². The maximum atomic E-state index is 12.5. The molecule has 0 aromatic heterocycles. The smallest absolute Gasteiger partial charge is 0.493 e. The molecule has 0 bridgehead atoms. The van der Waals surface area contributed by atoms with E-state index < -0.39 is 18.4 Å². The minimum Gasteiger partial charge on any atom is -0.493 e. The van der Waals surface area contributed by atoms with Crippen molar-refractivity contribution < 1.29 is 32.2 Å². The lowest BCUT2D eigenvalue weighted by atomic mass is 10.0. The van der Waals surface area contributed by atoms with Crippen molar-refractivity contribution >= 4 is 23.3 Å². The van der Waals surface area contributed by atoms with Gasteiger partial charge in [0.15, 0.2) is 0 Å². The first-order valence-electron chi connectivity index (χ1n) is 9.30. The van der Waals surface area contributed by atoms with Gasteiger partial charge in [-0.1, -0.05) is 6.07 Å². The molecule has 0 fully saturated rings. The predicted molar refractivity (Wildman–Crippen MR) is 102 cm³/mol. The van der Waals surface area contributed by atoms with Gasteiger partial charge in [-0.2, -0.15) is 0 Å². The second kappa shape index (κ2) is 7.77. The molecule has 30 heavy (non-hydrogen) atoms. The number of alkyl halides is 3. The fourth-order valence-electron chi connectivity index (χ4n) is 3.49. The van der Waals surface area contributed by atoms with Crippen LogP contribution in [0.5, 0.6) is 11.5 Å². The van der Waals surface area contributed by atoms with Gasteiger partial charge in [0.05, 0.1) is 12.6 Å². The zero-order chi connectivity index (χ0) is 21.3. The number of halogens is 3. The summed E-state index contributed by atoms with van der Waals surface area (Å²) in [6.07, 6.45) is -3.26. The van der Waals surface area contributed by atoms with Crippen LogP contribution in [0, 0.1) is 0 Å². The van der Waals surface area contributed by atoms with Gasteiger partial charge in [0.1, 0.15) is 11.5 Å². The van der Waals surface area contributed by atoms with Gasteiger partial charge in [0.25, 0.3) is 0 Å². The van der Waals surface area contributed by atoms with Crippen molar-refractivity contribution in [1.29, 1.82) is 0 Å². The lowest BCUT2D eigenvalue weighted by Gasteiger charge is -2.27. The number of nitrogens with one attached hydrogen (secondary N) is 3. The van der Waals surface area contributed by atoms with Crippen LogP contribution < -0.4 is 25.4 Å². The summed E-state index contributed by atoms with van der Waals surface area (Å²) in [6.45, 7) is 0.234. The number of ether oxygens (including phenoxy) is 2. The van der Waals surface area contributed by atoms with E-state index in [1.54, 1.807) is 12.1 Å². The highest BCUT2D eigenvalue weighted by Crippen LogP contribution is 2.36. The number of carbonyl (C=O) groups is 2. The summed E-state index contributed by atoms with van der Waals surface area (Å²) in [6, 6.07) is 8.13. The van der Waals surface area contributed by atoms with E-state index in [1.807, 2.05) is 6.07 Å². The Balaban J connectivity index is 1.43. The lowest BCUT2D eigenvalue weighted by Crippen LogP contribution is -2.35. The second-order valence-electron chi connectivity index (χ2n) is 6.96. The molecule has 2 aromatic rings. The number of hydrogen-bond donors (Lipinski definition) is 3. The number of fused-ring (bicyclic) bond motifs is 2.